The van der Waals surface area contributed by atoms with Gasteiger partial charge in [0, 0.05) is 51.3 Å². The Kier molecular flexibility index (Phi) is 8.69. The van der Waals surface area contributed by atoms with Crippen molar-refractivity contribution in [1.29, 1.82) is 0 Å². The number of carbonyl (C=O) groups is 2. The summed E-state index contributed by atoms with van der Waals surface area (Å²) in [5.41, 5.74) is 0. The fourth-order valence-electron chi connectivity index (χ4n) is 4.44. The van der Waals surface area contributed by atoms with Gasteiger partial charge in [0.1, 0.15) is 0 Å². The van der Waals surface area contributed by atoms with Gasteiger partial charge in [-0.25, -0.2) is 33.3 Å². The molecular weight excluding hydrogens is 502 g/mol. The van der Waals surface area contributed by atoms with Crippen LogP contribution in [-0.2, 0) is 0 Å². The summed E-state index contributed by atoms with van der Waals surface area (Å²) in [5, 5.41) is 5.37. The van der Waals surface area contributed by atoms with Crippen LogP contribution < -0.4 is 25.0 Å². The minimum Gasteiger partial charge on any atom is -0.477 e. The predicted molar refractivity (Wildman–Crippen MR) is 134 cm³/mol. The highest BCUT2D eigenvalue weighted by atomic mass is 19.3. The second kappa shape index (κ2) is 12.1. The summed E-state index contributed by atoms with van der Waals surface area (Å²) in [7, 11) is 1.71. The van der Waals surface area contributed by atoms with Crippen LogP contribution >= 0.6 is 0 Å². The maximum Gasteiger partial charge on any atom is 0.414 e. The van der Waals surface area contributed by atoms with Crippen LogP contribution in [0.3, 0.4) is 0 Å². The van der Waals surface area contributed by atoms with Crippen LogP contribution in [-0.4, -0.2) is 81.7 Å². The number of halogens is 2. The molecule has 0 radical (unpaired) electrons. The van der Waals surface area contributed by atoms with Gasteiger partial charge in [-0.2, -0.15) is 4.98 Å². The molecule has 2 aliphatic rings. The molecule has 14 heteroatoms. The van der Waals surface area contributed by atoms with Crippen LogP contribution in [0.25, 0.3) is 0 Å². The Labute approximate surface area is 219 Å². The number of carbonyl (C=O) groups excluding carboxylic acids is 2. The van der Waals surface area contributed by atoms with Crippen LogP contribution in [0, 0.1) is 0 Å². The molecule has 1 atom stereocenters. The maximum atomic E-state index is 13.3. The number of ether oxygens (including phenoxy) is 2. The standard InChI is InChI=1S/C24H32F2N8O4/c1-3-37-20-14-28-18(13-29-20)31-22(35)33(2)17-5-4-12-34(15-17)21-27-11-8-19(32-21)38-23(36)30-16-6-9-24(25,26)10-7-16/h8,11,13-14,16-17H,3-7,9-10,12,15H2,1-2H3,(H,30,36)(H,28,31,35)/t17-/m1/s1. The first-order valence-corrected chi connectivity index (χ1v) is 12.7. The molecule has 4 rings (SSSR count). The van der Waals surface area contributed by atoms with E-state index < -0.39 is 12.0 Å². The van der Waals surface area contributed by atoms with Gasteiger partial charge in [0.2, 0.25) is 23.6 Å². The Hall–Kier alpha value is -3.84. The molecule has 0 spiro atoms. The molecule has 3 amide bonds. The quantitative estimate of drug-likeness (QED) is 0.547. The topological polar surface area (TPSA) is 135 Å². The van der Waals surface area contributed by atoms with Gasteiger partial charge in [-0.1, -0.05) is 0 Å². The third-order valence-corrected chi connectivity index (χ3v) is 6.56. The molecule has 0 aromatic carbocycles. The molecule has 1 saturated carbocycles. The van der Waals surface area contributed by atoms with E-state index in [1.165, 1.54) is 24.7 Å². The average Bonchev–Trinajstić information content (AvgIpc) is 2.91. The van der Waals surface area contributed by atoms with Gasteiger partial charge in [0.15, 0.2) is 5.82 Å². The van der Waals surface area contributed by atoms with Crippen LogP contribution in [0.2, 0.25) is 0 Å². The highest BCUT2D eigenvalue weighted by Crippen LogP contribution is 2.33. The van der Waals surface area contributed by atoms with Gasteiger partial charge < -0.3 is 24.6 Å². The molecule has 3 heterocycles. The first kappa shape index (κ1) is 27.2. The second-order valence-corrected chi connectivity index (χ2v) is 9.31. The van der Waals surface area contributed by atoms with Crippen LogP contribution in [0.15, 0.2) is 24.7 Å². The van der Waals surface area contributed by atoms with Crippen molar-refractivity contribution in [1.82, 2.24) is 30.2 Å². The Morgan fingerprint density at radius 3 is 2.66 bits per heavy atom. The van der Waals surface area contributed by atoms with E-state index in [2.05, 4.69) is 30.6 Å². The smallest absolute Gasteiger partial charge is 0.414 e. The van der Waals surface area contributed by atoms with Gasteiger partial charge in [0.05, 0.1) is 25.0 Å². The molecule has 38 heavy (non-hydrogen) atoms. The van der Waals surface area contributed by atoms with E-state index in [0.717, 1.165) is 12.8 Å². The third kappa shape index (κ3) is 7.35. The van der Waals surface area contributed by atoms with E-state index in [-0.39, 0.29) is 49.7 Å². The molecule has 1 aliphatic carbocycles. The summed E-state index contributed by atoms with van der Waals surface area (Å²) in [5.74, 6) is -1.57. The lowest BCUT2D eigenvalue weighted by Crippen LogP contribution is -2.50. The third-order valence-electron chi connectivity index (χ3n) is 6.56. The maximum absolute atomic E-state index is 13.3. The number of hydrogen-bond acceptors (Lipinski definition) is 9. The summed E-state index contributed by atoms with van der Waals surface area (Å²) < 4.78 is 37.2. The van der Waals surface area contributed by atoms with Gasteiger partial charge >= 0.3 is 12.1 Å². The van der Waals surface area contributed by atoms with Gasteiger partial charge in [0.25, 0.3) is 0 Å². The zero-order valence-corrected chi connectivity index (χ0v) is 21.4. The van der Waals surface area contributed by atoms with Crippen molar-refractivity contribution in [2.24, 2.45) is 0 Å². The minimum absolute atomic E-state index is 0.0518. The summed E-state index contributed by atoms with van der Waals surface area (Å²) in [6.45, 7) is 3.46. The number of rotatable bonds is 7. The molecule has 1 aliphatic heterocycles. The SMILES string of the molecule is CCOc1cnc(NC(=O)N(C)[C@@H]2CCCN(c3nccc(OC(=O)NC4CCC(F)(F)CC4)n3)C2)cn1. The fourth-order valence-corrected chi connectivity index (χ4v) is 4.44. The van der Waals surface area contributed by atoms with Crippen LogP contribution in [0.5, 0.6) is 11.8 Å². The summed E-state index contributed by atoms with van der Waals surface area (Å²) in [6, 6.07) is 0.643. The summed E-state index contributed by atoms with van der Waals surface area (Å²) in [4.78, 5) is 45.5. The number of piperidine rings is 1. The lowest BCUT2D eigenvalue weighted by molar-refractivity contribution is -0.0399. The Morgan fingerprint density at radius 2 is 1.95 bits per heavy atom. The average molecular weight is 535 g/mol. The first-order chi connectivity index (χ1) is 18.2. The summed E-state index contributed by atoms with van der Waals surface area (Å²) in [6.07, 6.45) is 5.08. The predicted octanol–water partition coefficient (Wildman–Crippen LogP) is 3.46. The van der Waals surface area contributed by atoms with E-state index in [0.29, 0.717) is 37.3 Å². The van der Waals surface area contributed by atoms with Gasteiger partial charge in [-0.05, 0) is 32.6 Å². The number of anilines is 2. The fraction of sp³-hybridized carbons (Fsp3) is 0.583. The lowest BCUT2D eigenvalue weighted by Gasteiger charge is -2.37. The number of hydrogen-bond donors (Lipinski definition) is 2. The lowest BCUT2D eigenvalue weighted by atomic mass is 9.92. The zero-order chi connectivity index (χ0) is 27.1. The first-order valence-electron chi connectivity index (χ1n) is 12.7. The van der Waals surface area contributed by atoms with Crippen molar-refractivity contribution < 1.29 is 27.8 Å². The molecular formula is C24H32F2N8O4. The number of aromatic nitrogens is 4. The van der Waals surface area contributed by atoms with Crippen molar-refractivity contribution in [3.8, 4) is 11.8 Å². The Balaban J connectivity index is 1.30. The number of urea groups is 1. The van der Waals surface area contributed by atoms with Crippen molar-refractivity contribution >= 4 is 23.9 Å². The van der Waals surface area contributed by atoms with E-state index in [1.54, 1.807) is 11.9 Å². The summed E-state index contributed by atoms with van der Waals surface area (Å²) >= 11 is 0. The highest BCUT2D eigenvalue weighted by Gasteiger charge is 2.35. The Morgan fingerprint density at radius 1 is 1.16 bits per heavy atom. The van der Waals surface area contributed by atoms with Gasteiger partial charge in [-0.15, -0.1) is 0 Å². The van der Waals surface area contributed by atoms with E-state index >= 15 is 0 Å². The van der Waals surface area contributed by atoms with Crippen molar-refractivity contribution in [3.05, 3.63) is 24.7 Å². The molecule has 2 fully saturated rings. The Bertz CT molecular complexity index is 1100. The van der Waals surface area contributed by atoms with E-state index in [4.69, 9.17) is 9.47 Å². The number of nitrogens with zero attached hydrogens (tertiary/aromatic N) is 6. The molecule has 0 unspecified atom stereocenters. The van der Waals surface area contributed by atoms with Gasteiger partial charge in [-0.3, -0.25) is 5.32 Å². The van der Waals surface area contributed by atoms with E-state index in [9.17, 15) is 18.4 Å². The molecule has 0 bridgehead atoms. The molecule has 2 N–H and O–H groups in total. The molecule has 1 saturated heterocycles. The largest absolute Gasteiger partial charge is 0.477 e. The van der Waals surface area contributed by atoms with Crippen molar-refractivity contribution in [3.63, 3.8) is 0 Å². The number of amides is 3. The second-order valence-electron chi connectivity index (χ2n) is 9.31. The number of nitrogens with one attached hydrogen (secondary N) is 2. The monoisotopic (exact) mass is 534 g/mol. The molecule has 206 valence electrons. The normalized spacial score (nSPS) is 19.4. The minimum atomic E-state index is -2.67. The van der Waals surface area contributed by atoms with Crippen molar-refractivity contribution in [2.75, 3.05) is 37.0 Å². The number of alkyl halides is 2. The van der Waals surface area contributed by atoms with Crippen molar-refractivity contribution in [2.45, 2.75) is 63.5 Å². The van der Waals surface area contributed by atoms with Crippen LogP contribution in [0.4, 0.5) is 30.1 Å². The molecule has 12 nitrogen and oxygen atoms in total. The highest BCUT2D eigenvalue weighted by molar-refractivity contribution is 5.88. The van der Waals surface area contributed by atoms with E-state index in [1.807, 2.05) is 11.8 Å². The zero-order valence-electron chi connectivity index (χ0n) is 21.4. The number of likely N-dealkylation sites (N-methyl/N-ethyl adjacent to an activating group) is 1. The van der Waals surface area contributed by atoms with Crippen LogP contribution in [0.1, 0.15) is 45.4 Å². The molecule has 2 aromatic heterocycles. The molecule has 2 aromatic rings.